The molecule has 1 fully saturated rings. The van der Waals surface area contributed by atoms with Crippen molar-refractivity contribution >= 4 is 22.4 Å². The minimum Gasteiger partial charge on any atom is -0.496 e. The molecule has 0 unspecified atom stereocenters. The Morgan fingerprint density at radius 3 is 2.83 bits per heavy atom. The van der Waals surface area contributed by atoms with Gasteiger partial charge in [0.1, 0.15) is 23.7 Å². The van der Waals surface area contributed by atoms with Crippen LogP contribution in [-0.2, 0) is 33.8 Å². The molecule has 5 rings (SSSR count). The molecule has 0 amide bonds. The largest absolute Gasteiger partial charge is 0.496 e. The molecule has 42 heavy (non-hydrogen) atoms. The van der Waals surface area contributed by atoms with Gasteiger partial charge in [-0.05, 0) is 82.8 Å². The molecule has 8 nitrogen and oxygen atoms in total. The molecular formula is C33H43N3O5S. The van der Waals surface area contributed by atoms with Gasteiger partial charge in [0.2, 0.25) is 0 Å². The molecule has 1 N–H and O–H groups in total. The lowest BCUT2D eigenvalue weighted by molar-refractivity contribution is -0.166. The first kappa shape index (κ1) is 30.3. The molecule has 3 aromatic rings. The molecule has 226 valence electrons. The first-order chi connectivity index (χ1) is 20.2. The summed E-state index contributed by atoms with van der Waals surface area (Å²) in [5, 5.41) is 6.43. The summed E-state index contributed by atoms with van der Waals surface area (Å²) < 4.78 is 23.9. The van der Waals surface area contributed by atoms with Crippen LogP contribution < -0.4 is 19.7 Å². The molecule has 0 spiro atoms. The second-order valence-electron chi connectivity index (χ2n) is 12.0. The van der Waals surface area contributed by atoms with Crippen LogP contribution in [0.5, 0.6) is 11.5 Å². The van der Waals surface area contributed by atoms with Crippen molar-refractivity contribution < 1.29 is 23.7 Å². The maximum absolute atomic E-state index is 12.9. The number of aromatic nitrogens is 1. The summed E-state index contributed by atoms with van der Waals surface area (Å²) in [6.45, 7) is 13.8. The molecule has 9 heteroatoms. The van der Waals surface area contributed by atoms with Gasteiger partial charge in [0, 0.05) is 42.7 Å². The van der Waals surface area contributed by atoms with Gasteiger partial charge in [-0.25, -0.2) is 4.98 Å². The van der Waals surface area contributed by atoms with Crippen LogP contribution in [0.15, 0.2) is 35.7 Å². The highest BCUT2D eigenvalue weighted by Crippen LogP contribution is 2.38. The number of aryl methyl sites for hydroxylation is 1. The Hall–Kier alpha value is -3.14. The minimum atomic E-state index is -0.522. The van der Waals surface area contributed by atoms with Gasteiger partial charge in [-0.1, -0.05) is 18.2 Å². The third kappa shape index (κ3) is 6.90. The van der Waals surface area contributed by atoms with E-state index in [2.05, 4.69) is 46.8 Å². The lowest BCUT2D eigenvalue weighted by Crippen LogP contribution is -2.49. The van der Waals surface area contributed by atoms with Crippen molar-refractivity contribution in [3.05, 3.63) is 58.0 Å². The maximum atomic E-state index is 12.9. The van der Waals surface area contributed by atoms with Gasteiger partial charge in [-0.2, -0.15) is 0 Å². The molecule has 2 aromatic carbocycles. The van der Waals surface area contributed by atoms with Gasteiger partial charge in [-0.15, -0.1) is 11.3 Å². The number of nitrogens with one attached hydrogen (secondary N) is 1. The predicted molar refractivity (Wildman–Crippen MR) is 167 cm³/mol. The van der Waals surface area contributed by atoms with Crippen molar-refractivity contribution in [3.8, 4) is 22.8 Å². The lowest BCUT2D eigenvalue weighted by atomic mass is 9.93. The third-order valence-electron chi connectivity index (χ3n) is 7.74. The van der Waals surface area contributed by atoms with Gasteiger partial charge in [0.25, 0.3) is 0 Å². The van der Waals surface area contributed by atoms with E-state index in [-0.39, 0.29) is 18.0 Å². The Morgan fingerprint density at radius 2 is 2.07 bits per heavy atom. The fourth-order valence-electron chi connectivity index (χ4n) is 5.75. The number of carbonyl (C=O) groups excluding carboxylic acids is 1. The number of benzene rings is 2. The fourth-order valence-corrected chi connectivity index (χ4v) is 6.61. The third-order valence-corrected chi connectivity index (χ3v) is 8.64. The van der Waals surface area contributed by atoms with Crippen molar-refractivity contribution in [2.75, 3.05) is 38.3 Å². The van der Waals surface area contributed by atoms with Crippen LogP contribution in [0, 0.1) is 12.8 Å². The monoisotopic (exact) mass is 593 g/mol. The van der Waals surface area contributed by atoms with E-state index in [1.54, 1.807) is 18.4 Å². The predicted octanol–water partition coefficient (Wildman–Crippen LogP) is 5.92. The number of hydrogen-bond donors (Lipinski definition) is 1. The van der Waals surface area contributed by atoms with Gasteiger partial charge in [-0.3, -0.25) is 4.79 Å². The molecule has 0 aliphatic carbocycles. The minimum absolute atomic E-state index is 0.185. The molecule has 0 bridgehead atoms. The Labute approximate surface area is 253 Å². The van der Waals surface area contributed by atoms with Gasteiger partial charge in [0.15, 0.2) is 5.13 Å². The van der Waals surface area contributed by atoms with E-state index in [0.29, 0.717) is 32.7 Å². The normalized spacial score (nSPS) is 18.9. The number of para-hydroxylation sites is 1. The van der Waals surface area contributed by atoms with Crippen molar-refractivity contribution in [1.29, 1.82) is 0 Å². The van der Waals surface area contributed by atoms with Crippen LogP contribution in [0.1, 0.15) is 56.4 Å². The van der Waals surface area contributed by atoms with E-state index in [1.807, 2.05) is 33.8 Å². The summed E-state index contributed by atoms with van der Waals surface area (Å²) in [5.41, 5.74) is 6.04. The zero-order valence-electron chi connectivity index (χ0n) is 25.6. The second kappa shape index (κ2) is 13.0. The highest BCUT2D eigenvalue weighted by molar-refractivity contribution is 7.14. The molecule has 0 radical (unpaired) electrons. The molecule has 2 atom stereocenters. The topological polar surface area (TPSA) is 82.2 Å². The van der Waals surface area contributed by atoms with E-state index in [1.165, 1.54) is 11.1 Å². The number of esters is 1. The highest BCUT2D eigenvalue weighted by Gasteiger charge is 2.38. The zero-order chi connectivity index (χ0) is 29.9. The second-order valence-corrected chi connectivity index (χ2v) is 12.8. The number of methoxy groups -OCH3 is 1. The van der Waals surface area contributed by atoms with Crippen LogP contribution in [0.3, 0.4) is 0 Å². The number of hydrogen-bond acceptors (Lipinski definition) is 9. The zero-order valence-corrected chi connectivity index (χ0v) is 26.4. The summed E-state index contributed by atoms with van der Waals surface area (Å²) in [7, 11) is 1.73. The lowest BCUT2D eigenvalue weighted by Gasteiger charge is -2.38. The van der Waals surface area contributed by atoms with Crippen LogP contribution >= 0.6 is 11.3 Å². The van der Waals surface area contributed by atoms with E-state index in [4.69, 9.17) is 23.9 Å². The summed E-state index contributed by atoms with van der Waals surface area (Å²) >= 11 is 1.61. The molecule has 1 aromatic heterocycles. The average Bonchev–Trinajstić information content (AvgIpc) is 3.45. The average molecular weight is 594 g/mol. The first-order valence-electron chi connectivity index (χ1n) is 14.8. The maximum Gasteiger partial charge on any atom is 0.312 e. The number of rotatable bonds is 9. The Bertz CT molecular complexity index is 1380. The van der Waals surface area contributed by atoms with Crippen LogP contribution in [0.25, 0.3) is 11.3 Å². The van der Waals surface area contributed by atoms with E-state index < -0.39 is 5.60 Å². The van der Waals surface area contributed by atoms with Crippen LogP contribution in [0.2, 0.25) is 0 Å². The van der Waals surface area contributed by atoms with Crippen molar-refractivity contribution in [1.82, 2.24) is 10.3 Å². The Balaban J connectivity index is 1.32. The quantitative estimate of drug-likeness (QED) is 0.306. The first-order valence-corrected chi connectivity index (χ1v) is 15.7. The van der Waals surface area contributed by atoms with E-state index in [0.717, 1.165) is 58.5 Å². The van der Waals surface area contributed by atoms with Gasteiger partial charge < -0.3 is 29.2 Å². The summed E-state index contributed by atoms with van der Waals surface area (Å²) in [5.74, 6) is 1.28. The van der Waals surface area contributed by atoms with Crippen molar-refractivity contribution in [2.45, 2.75) is 72.3 Å². The van der Waals surface area contributed by atoms with Gasteiger partial charge in [0.05, 0.1) is 24.8 Å². The summed E-state index contributed by atoms with van der Waals surface area (Å²) in [6, 6.07) is 10.5. The number of fused-ring (bicyclic) bond motifs is 1. The highest BCUT2D eigenvalue weighted by atomic mass is 32.1. The van der Waals surface area contributed by atoms with Crippen molar-refractivity contribution in [2.24, 2.45) is 5.92 Å². The summed E-state index contributed by atoms with van der Waals surface area (Å²) in [6.07, 6.45) is 1.40. The smallest absolute Gasteiger partial charge is 0.312 e. The molecule has 2 aliphatic heterocycles. The fraction of sp³-hybridized carbons (Fsp3) is 0.515. The number of piperidine rings is 1. The van der Waals surface area contributed by atoms with E-state index >= 15 is 0 Å². The SMILES string of the molecule is CCO[C@H]1CN(c2nc(-c3cccc(C)c3OCc3cc4c(c(OC)c3)CNCC4)cs2)CC[C@H]1C(=O)OC(C)(C)C. The van der Waals surface area contributed by atoms with E-state index in [9.17, 15) is 4.79 Å². The number of carbonyl (C=O) groups is 1. The number of ether oxygens (including phenoxy) is 4. The van der Waals surface area contributed by atoms with Crippen LogP contribution in [0.4, 0.5) is 5.13 Å². The van der Waals surface area contributed by atoms with Gasteiger partial charge >= 0.3 is 5.97 Å². The number of thiazole rings is 1. The number of nitrogens with zero attached hydrogens (tertiary/aromatic N) is 2. The Kier molecular flexibility index (Phi) is 9.40. The molecule has 0 saturated carbocycles. The number of anilines is 1. The molecule has 2 aliphatic rings. The van der Waals surface area contributed by atoms with Crippen molar-refractivity contribution in [3.63, 3.8) is 0 Å². The molecule has 3 heterocycles. The Morgan fingerprint density at radius 1 is 1.24 bits per heavy atom. The standard InChI is InChI=1S/C33H43N3O5S/c1-7-39-29-18-36(14-12-25(29)31(37)41-33(3,4)5)32-35-27(20-42-32)24-10-8-9-21(2)30(24)40-19-22-15-23-11-13-34-17-26(23)28(16-22)38-6/h8-10,15-16,20,25,29,34H,7,11-14,17-19H2,1-6H3/t25-,29+/m1/s1. The summed E-state index contributed by atoms with van der Waals surface area (Å²) in [4.78, 5) is 20.2. The molecule has 1 saturated heterocycles. The van der Waals surface area contributed by atoms with Crippen LogP contribution in [-0.4, -0.2) is 56.0 Å². The molecular weight excluding hydrogens is 550 g/mol.